The van der Waals surface area contributed by atoms with Gasteiger partial charge in [-0.1, -0.05) is 6.92 Å². The third kappa shape index (κ3) is 10.3. The summed E-state index contributed by atoms with van der Waals surface area (Å²) in [5, 5.41) is 0. The summed E-state index contributed by atoms with van der Waals surface area (Å²) in [7, 11) is 0. The predicted molar refractivity (Wildman–Crippen MR) is 86.5 cm³/mol. The molecule has 0 amide bonds. The van der Waals surface area contributed by atoms with Gasteiger partial charge in [-0.05, 0) is 34.1 Å². The zero-order valence-electron chi connectivity index (χ0n) is 15.4. The highest BCUT2D eigenvalue weighted by Crippen LogP contribution is 2.22. The standard InChI is InChI=1S/C17H26O8/c1-6-17(4,5)16(22)25-13(9-23-14(20)7-11(2)18)10-24-15(21)8-12(3)19/h13H,6-10H2,1-5H3. The van der Waals surface area contributed by atoms with Crippen molar-refractivity contribution in [3.8, 4) is 0 Å². The summed E-state index contributed by atoms with van der Waals surface area (Å²) in [5.74, 6) is -2.79. The first kappa shape index (κ1) is 22.8. The first-order valence-electron chi connectivity index (χ1n) is 7.99. The van der Waals surface area contributed by atoms with Crippen molar-refractivity contribution in [2.45, 2.75) is 60.0 Å². The van der Waals surface area contributed by atoms with E-state index in [4.69, 9.17) is 14.2 Å². The highest BCUT2D eigenvalue weighted by atomic mass is 16.6. The van der Waals surface area contributed by atoms with Crippen molar-refractivity contribution in [3.05, 3.63) is 0 Å². The van der Waals surface area contributed by atoms with Crippen LogP contribution in [-0.2, 0) is 38.2 Å². The predicted octanol–water partition coefficient (Wildman–Crippen LogP) is 1.38. The second kappa shape index (κ2) is 10.6. The molecule has 8 nitrogen and oxygen atoms in total. The van der Waals surface area contributed by atoms with Gasteiger partial charge in [0, 0.05) is 0 Å². The summed E-state index contributed by atoms with van der Waals surface area (Å²) < 4.78 is 15.0. The van der Waals surface area contributed by atoms with Gasteiger partial charge in [-0.3, -0.25) is 24.0 Å². The lowest BCUT2D eigenvalue weighted by Gasteiger charge is -2.25. The fourth-order valence-corrected chi connectivity index (χ4v) is 1.45. The number of ketones is 2. The van der Waals surface area contributed by atoms with E-state index in [2.05, 4.69) is 0 Å². The number of ether oxygens (including phenoxy) is 3. The molecule has 0 aromatic rings. The summed E-state index contributed by atoms with van der Waals surface area (Å²) in [6, 6.07) is 0. The molecule has 142 valence electrons. The minimum atomic E-state index is -1.02. The van der Waals surface area contributed by atoms with Crippen molar-refractivity contribution >= 4 is 29.5 Å². The summed E-state index contributed by atoms with van der Waals surface area (Å²) in [6.45, 7) is 6.97. The van der Waals surface area contributed by atoms with Crippen LogP contribution in [0.4, 0.5) is 0 Å². The van der Waals surface area contributed by atoms with E-state index >= 15 is 0 Å². The summed E-state index contributed by atoms with van der Waals surface area (Å²) in [6.07, 6.45) is -1.30. The molecule has 0 heterocycles. The molecule has 0 unspecified atom stereocenters. The third-order valence-electron chi connectivity index (χ3n) is 3.36. The first-order chi connectivity index (χ1) is 11.5. The van der Waals surface area contributed by atoms with Crippen LogP contribution in [0, 0.1) is 5.41 Å². The lowest BCUT2D eigenvalue weighted by molar-refractivity contribution is -0.173. The number of hydrogen-bond donors (Lipinski definition) is 0. The smallest absolute Gasteiger partial charge is 0.313 e. The molecule has 0 N–H and O–H groups in total. The Morgan fingerprint density at radius 1 is 0.840 bits per heavy atom. The minimum Gasteiger partial charge on any atom is -0.461 e. The van der Waals surface area contributed by atoms with Crippen LogP contribution in [0.2, 0.25) is 0 Å². The van der Waals surface area contributed by atoms with Crippen LogP contribution in [0.15, 0.2) is 0 Å². The van der Waals surface area contributed by atoms with Gasteiger partial charge in [-0.2, -0.15) is 0 Å². The maximum Gasteiger partial charge on any atom is 0.313 e. The number of hydrogen-bond acceptors (Lipinski definition) is 8. The molecule has 8 heteroatoms. The highest BCUT2D eigenvalue weighted by Gasteiger charge is 2.30. The van der Waals surface area contributed by atoms with Crippen molar-refractivity contribution in [3.63, 3.8) is 0 Å². The van der Waals surface area contributed by atoms with E-state index in [-0.39, 0.29) is 24.8 Å². The van der Waals surface area contributed by atoms with Crippen molar-refractivity contribution < 1.29 is 38.2 Å². The Morgan fingerprint density at radius 3 is 1.56 bits per heavy atom. The van der Waals surface area contributed by atoms with Gasteiger partial charge in [-0.25, -0.2) is 0 Å². The maximum atomic E-state index is 12.1. The van der Waals surface area contributed by atoms with E-state index in [1.165, 1.54) is 13.8 Å². The summed E-state index contributed by atoms with van der Waals surface area (Å²) in [5.41, 5.74) is -0.759. The molecule has 0 aliphatic heterocycles. The van der Waals surface area contributed by atoms with Crippen molar-refractivity contribution in [2.24, 2.45) is 5.41 Å². The van der Waals surface area contributed by atoms with Crippen molar-refractivity contribution in [2.75, 3.05) is 13.2 Å². The largest absolute Gasteiger partial charge is 0.461 e. The molecule has 0 aromatic carbocycles. The first-order valence-corrected chi connectivity index (χ1v) is 7.99. The SMILES string of the molecule is CCC(C)(C)C(=O)OC(COC(=O)CC(C)=O)COC(=O)CC(C)=O. The van der Waals surface area contributed by atoms with E-state index in [1.54, 1.807) is 13.8 Å². The Morgan fingerprint density at radius 2 is 1.24 bits per heavy atom. The molecule has 0 radical (unpaired) electrons. The topological polar surface area (TPSA) is 113 Å². The second-order valence-corrected chi connectivity index (χ2v) is 6.39. The lowest BCUT2D eigenvalue weighted by Crippen LogP contribution is -2.36. The van der Waals surface area contributed by atoms with Gasteiger partial charge in [-0.15, -0.1) is 0 Å². The van der Waals surface area contributed by atoms with Gasteiger partial charge in [0.25, 0.3) is 0 Å². The Hall–Kier alpha value is -2.25. The number of Topliss-reactive ketones (excluding diaryl/α,β-unsaturated/α-hetero) is 2. The molecular weight excluding hydrogens is 332 g/mol. The molecule has 0 fully saturated rings. The number of carbonyl (C=O) groups excluding carboxylic acids is 5. The second-order valence-electron chi connectivity index (χ2n) is 6.39. The Balaban J connectivity index is 4.77. The van der Waals surface area contributed by atoms with Crippen LogP contribution in [0.5, 0.6) is 0 Å². The van der Waals surface area contributed by atoms with E-state index in [1.807, 2.05) is 6.92 Å². The molecule has 0 aromatic heterocycles. The zero-order chi connectivity index (χ0) is 19.6. The average molecular weight is 358 g/mol. The molecule has 0 saturated heterocycles. The van der Waals surface area contributed by atoms with Crippen molar-refractivity contribution in [1.29, 1.82) is 0 Å². The van der Waals surface area contributed by atoms with Crippen LogP contribution < -0.4 is 0 Å². The van der Waals surface area contributed by atoms with Crippen LogP contribution >= 0.6 is 0 Å². The van der Waals surface area contributed by atoms with Crippen LogP contribution in [0.3, 0.4) is 0 Å². The molecule has 25 heavy (non-hydrogen) atoms. The summed E-state index contributed by atoms with van der Waals surface area (Å²) >= 11 is 0. The molecule has 0 spiro atoms. The molecule has 0 aliphatic carbocycles. The number of rotatable bonds is 11. The average Bonchev–Trinajstić information content (AvgIpc) is 2.48. The highest BCUT2D eigenvalue weighted by molar-refractivity contribution is 5.94. The lowest BCUT2D eigenvalue weighted by atomic mass is 9.90. The molecule has 0 bridgehead atoms. The van der Waals surface area contributed by atoms with Crippen LogP contribution in [0.25, 0.3) is 0 Å². The van der Waals surface area contributed by atoms with Crippen LogP contribution in [0.1, 0.15) is 53.9 Å². The fraction of sp³-hybridized carbons (Fsp3) is 0.706. The van der Waals surface area contributed by atoms with Gasteiger partial charge in [0.15, 0.2) is 6.10 Å². The van der Waals surface area contributed by atoms with Crippen molar-refractivity contribution in [1.82, 2.24) is 0 Å². The van der Waals surface area contributed by atoms with Gasteiger partial charge in [0.2, 0.25) is 0 Å². The van der Waals surface area contributed by atoms with E-state index < -0.39 is 42.3 Å². The molecule has 0 rings (SSSR count). The summed E-state index contributed by atoms with van der Waals surface area (Å²) in [4.78, 5) is 56.8. The van der Waals surface area contributed by atoms with Gasteiger partial charge in [0.05, 0.1) is 5.41 Å². The van der Waals surface area contributed by atoms with E-state index in [0.29, 0.717) is 6.42 Å². The monoisotopic (exact) mass is 358 g/mol. The van der Waals surface area contributed by atoms with Crippen LogP contribution in [-0.4, -0.2) is 48.8 Å². The minimum absolute atomic E-state index is 0.356. The maximum absolute atomic E-state index is 12.1. The Kier molecular flexibility index (Phi) is 9.63. The fourth-order valence-electron chi connectivity index (χ4n) is 1.45. The van der Waals surface area contributed by atoms with E-state index in [0.717, 1.165) is 0 Å². The van der Waals surface area contributed by atoms with Gasteiger partial charge in [0.1, 0.15) is 37.6 Å². The molecule has 0 atom stereocenters. The van der Waals surface area contributed by atoms with E-state index in [9.17, 15) is 24.0 Å². The molecule has 0 saturated carbocycles. The normalized spacial score (nSPS) is 11.0. The Labute approximate surface area is 147 Å². The zero-order valence-corrected chi connectivity index (χ0v) is 15.4. The quantitative estimate of drug-likeness (QED) is 0.309. The Bertz CT molecular complexity index is 489. The molecule has 0 aliphatic rings. The number of esters is 3. The van der Waals surface area contributed by atoms with Gasteiger partial charge >= 0.3 is 17.9 Å². The number of carbonyl (C=O) groups is 5. The van der Waals surface area contributed by atoms with Gasteiger partial charge < -0.3 is 14.2 Å². The third-order valence-corrected chi connectivity index (χ3v) is 3.36. The molecular formula is C17H26O8.